The third-order valence-corrected chi connectivity index (χ3v) is 3.93. The summed E-state index contributed by atoms with van der Waals surface area (Å²) in [6, 6.07) is 16.1. The molecular weight excluding hydrogens is 318 g/mol. The van der Waals surface area contributed by atoms with Crippen molar-refractivity contribution in [1.29, 1.82) is 0 Å². The Morgan fingerprint density at radius 3 is 2.44 bits per heavy atom. The number of rotatable bonds is 5. The van der Waals surface area contributed by atoms with Gasteiger partial charge in [-0.2, -0.15) is 0 Å². The summed E-state index contributed by atoms with van der Waals surface area (Å²) >= 11 is 0. The van der Waals surface area contributed by atoms with Crippen LogP contribution in [0.25, 0.3) is 10.9 Å². The molecule has 0 unspecified atom stereocenters. The molecule has 5 heteroatoms. The van der Waals surface area contributed by atoms with Crippen LogP contribution in [-0.2, 0) is 11.2 Å². The van der Waals surface area contributed by atoms with E-state index < -0.39 is 5.97 Å². The summed E-state index contributed by atoms with van der Waals surface area (Å²) in [4.78, 5) is 23.6. The van der Waals surface area contributed by atoms with E-state index in [1.54, 1.807) is 18.2 Å². The van der Waals surface area contributed by atoms with Gasteiger partial charge >= 0.3 is 5.97 Å². The summed E-state index contributed by atoms with van der Waals surface area (Å²) in [5, 5.41) is 9.62. The van der Waals surface area contributed by atoms with Crippen LogP contribution in [0.1, 0.15) is 25.6 Å². The zero-order valence-corrected chi connectivity index (χ0v) is 14.1. The molecule has 3 aromatic rings. The van der Waals surface area contributed by atoms with Crippen molar-refractivity contribution in [3.8, 4) is 11.5 Å². The Bertz CT molecular complexity index is 974. The van der Waals surface area contributed by atoms with Crippen LogP contribution in [0.5, 0.6) is 11.5 Å². The van der Waals surface area contributed by atoms with E-state index in [9.17, 15) is 9.59 Å². The second kappa shape index (κ2) is 6.81. The van der Waals surface area contributed by atoms with Gasteiger partial charge in [0.05, 0.1) is 11.9 Å². The third-order valence-electron chi connectivity index (χ3n) is 3.93. The second-order valence-corrected chi connectivity index (χ2v) is 6.13. The van der Waals surface area contributed by atoms with Crippen molar-refractivity contribution in [1.82, 2.24) is 4.57 Å². The molecule has 0 fully saturated rings. The number of carboxylic acids is 1. The highest BCUT2D eigenvalue weighted by molar-refractivity contribution is 5.82. The minimum atomic E-state index is -0.961. The monoisotopic (exact) mass is 337 g/mol. The number of aliphatic carboxylic acids is 1. The Hall–Kier alpha value is -3.08. The number of nitrogens with zero attached hydrogens (tertiary/aromatic N) is 1. The first-order valence-corrected chi connectivity index (χ1v) is 8.08. The average Bonchev–Trinajstić information content (AvgIpc) is 2.55. The van der Waals surface area contributed by atoms with Crippen molar-refractivity contribution in [2.45, 2.75) is 26.3 Å². The summed E-state index contributed by atoms with van der Waals surface area (Å²) in [7, 11) is 0. The van der Waals surface area contributed by atoms with E-state index in [0.29, 0.717) is 28.1 Å². The zero-order chi connectivity index (χ0) is 18.0. The third kappa shape index (κ3) is 3.55. The van der Waals surface area contributed by atoms with Gasteiger partial charge < -0.3 is 14.4 Å². The standard InChI is InChI=1S/C20H19NO4/c1-13(2)21-14(11-20(23)24)10-19(22)17-12-16(8-9-18(17)21)25-15-6-4-3-5-7-15/h3-10,12-13H,11H2,1-2H3,(H,23,24). The van der Waals surface area contributed by atoms with E-state index in [4.69, 9.17) is 9.84 Å². The van der Waals surface area contributed by atoms with Crippen molar-refractivity contribution in [3.63, 3.8) is 0 Å². The van der Waals surface area contributed by atoms with Crippen LogP contribution in [0.2, 0.25) is 0 Å². The Morgan fingerprint density at radius 1 is 1.08 bits per heavy atom. The molecule has 0 radical (unpaired) electrons. The van der Waals surface area contributed by atoms with E-state index in [-0.39, 0.29) is 17.9 Å². The van der Waals surface area contributed by atoms with Crippen molar-refractivity contribution >= 4 is 16.9 Å². The van der Waals surface area contributed by atoms with Gasteiger partial charge in [-0.3, -0.25) is 9.59 Å². The highest BCUT2D eigenvalue weighted by atomic mass is 16.5. The largest absolute Gasteiger partial charge is 0.481 e. The molecule has 1 N–H and O–H groups in total. The maximum absolute atomic E-state index is 12.5. The first kappa shape index (κ1) is 16.8. The lowest BCUT2D eigenvalue weighted by Crippen LogP contribution is -2.18. The number of pyridine rings is 1. The molecule has 0 aliphatic rings. The van der Waals surface area contributed by atoms with E-state index in [0.717, 1.165) is 0 Å². The number of para-hydroxylation sites is 1. The maximum atomic E-state index is 12.5. The van der Waals surface area contributed by atoms with Gasteiger partial charge in [0.25, 0.3) is 0 Å². The zero-order valence-electron chi connectivity index (χ0n) is 14.1. The van der Waals surface area contributed by atoms with Crippen LogP contribution in [0.4, 0.5) is 0 Å². The molecular formula is C20H19NO4. The Morgan fingerprint density at radius 2 is 1.80 bits per heavy atom. The van der Waals surface area contributed by atoms with E-state index in [2.05, 4.69) is 0 Å². The van der Waals surface area contributed by atoms with E-state index >= 15 is 0 Å². The van der Waals surface area contributed by atoms with Gasteiger partial charge in [0.15, 0.2) is 5.43 Å². The number of benzene rings is 2. The lowest BCUT2D eigenvalue weighted by molar-refractivity contribution is -0.136. The lowest BCUT2D eigenvalue weighted by atomic mass is 10.1. The van der Waals surface area contributed by atoms with Gasteiger partial charge in [-0.1, -0.05) is 18.2 Å². The highest BCUT2D eigenvalue weighted by Gasteiger charge is 2.14. The van der Waals surface area contributed by atoms with Crippen LogP contribution in [-0.4, -0.2) is 15.6 Å². The number of carboxylic acid groups (broad SMARTS) is 1. The van der Waals surface area contributed by atoms with Crippen LogP contribution in [0.3, 0.4) is 0 Å². The number of ether oxygens (including phenoxy) is 1. The molecule has 0 saturated heterocycles. The topological polar surface area (TPSA) is 68.5 Å². The number of aromatic nitrogens is 1. The van der Waals surface area contributed by atoms with Gasteiger partial charge in [-0.15, -0.1) is 0 Å². The molecule has 128 valence electrons. The molecule has 0 aliphatic heterocycles. The Kier molecular flexibility index (Phi) is 4.57. The normalized spacial score (nSPS) is 11.0. The molecule has 0 spiro atoms. The predicted molar refractivity (Wildman–Crippen MR) is 96.4 cm³/mol. The second-order valence-electron chi connectivity index (χ2n) is 6.13. The molecule has 5 nitrogen and oxygen atoms in total. The van der Waals surface area contributed by atoms with Gasteiger partial charge in [0.2, 0.25) is 0 Å². The van der Waals surface area contributed by atoms with Crippen molar-refractivity contribution in [3.05, 3.63) is 70.5 Å². The molecule has 0 aliphatic carbocycles. The average molecular weight is 337 g/mol. The summed E-state index contributed by atoms with van der Waals surface area (Å²) in [6.45, 7) is 3.92. The van der Waals surface area contributed by atoms with Gasteiger partial charge in [0.1, 0.15) is 11.5 Å². The first-order chi connectivity index (χ1) is 12.0. The molecule has 2 aromatic carbocycles. The minimum absolute atomic E-state index is 0.0262. The quantitative estimate of drug-likeness (QED) is 0.764. The number of hydrogen-bond acceptors (Lipinski definition) is 3. The predicted octanol–water partition coefficient (Wildman–Crippen LogP) is 4.00. The van der Waals surface area contributed by atoms with Crippen molar-refractivity contribution in [2.24, 2.45) is 0 Å². The molecule has 0 saturated carbocycles. The van der Waals surface area contributed by atoms with E-state index in [1.165, 1.54) is 6.07 Å². The van der Waals surface area contributed by atoms with Gasteiger partial charge in [0, 0.05) is 23.2 Å². The molecule has 0 bridgehead atoms. The number of fused-ring (bicyclic) bond motifs is 1. The molecule has 0 amide bonds. The fourth-order valence-corrected chi connectivity index (χ4v) is 2.96. The van der Waals surface area contributed by atoms with Crippen LogP contribution in [0.15, 0.2) is 59.4 Å². The number of hydrogen-bond donors (Lipinski definition) is 1. The maximum Gasteiger partial charge on any atom is 0.309 e. The van der Waals surface area contributed by atoms with Crippen molar-refractivity contribution < 1.29 is 14.6 Å². The van der Waals surface area contributed by atoms with Crippen LogP contribution in [0, 0.1) is 0 Å². The Labute approximate surface area is 145 Å². The number of carbonyl (C=O) groups is 1. The molecule has 3 rings (SSSR count). The minimum Gasteiger partial charge on any atom is -0.481 e. The lowest BCUT2D eigenvalue weighted by Gasteiger charge is -2.20. The first-order valence-electron chi connectivity index (χ1n) is 8.08. The smallest absolute Gasteiger partial charge is 0.309 e. The summed E-state index contributed by atoms with van der Waals surface area (Å²) in [5.41, 5.74) is 0.998. The summed E-state index contributed by atoms with van der Waals surface area (Å²) in [6.07, 6.45) is -0.189. The SMILES string of the molecule is CC(C)n1c(CC(=O)O)cc(=O)c2cc(Oc3ccccc3)ccc21. The van der Waals surface area contributed by atoms with Crippen LogP contribution >= 0.6 is 0 Å². The van der Waals surface area contributed by atoms with Gasteiger partial charge in [-0.05, 0) is 44.2 Å². The van der Waals surface area contributed by atoms with Crippen LogP contribution < -0.4 is 10.2 Å². The Balaban J connectivity index is 2.13. The van der Waals surface area contributed by atoms with Gasteiger partial charge in [-0.25, -0.2) is 0 Å². The molecule has 25 heavy (non-hydrogen) atoms. The summed E-state index contributed by atoms with van der Waals surface area (Å²) in [5.74, 6) is 0.294. The molecule has 1 aromatic heterocycles. The fourth-order valence-electron chi connectivity index (χ4n) is 2.96. The van der Waals surface area contributed by atoms with E-state index in [1.807, 2.05) is 48.7 Å². The molecule has 1 heterocycles. The molecule has 0 atom stereocenters. The van der Waals surface area contributed by atoms with Crippen molar-refractivity contribution in [2.75, 3.05) is 0 Å². The summed E-state index contributed by atoms with van der Waals surface area (Å²) < 4.78 is 7.68. The fraction of sp³-hybridized carbons (Fsp3) is 0.200. The highest BCUT2D eigenvalue weighted by Crippen LogP contribution is 2.26.